The SMILES string of the molecule is Cc1cc(N[C@@H](CC(C)C)C(=O)NCc2cccs2)nc(Nc2ccccc2)n1. The van der Waals surface area contributed by atoms with Gasteiger partial charge in [-0.15, -0.1) is 11.3 Å². The molecule has 2 heterocycles. The normalized spacial score (nSPS) is 11.9. The number of carbonyl (C=O) groups excluding carboxylic acids is 1. The van der Waals surface area contributed by atoms with E-state index >= 15 is 0 Å². The van der Waals surface area contributed by atoms with E-state index in [1.807, 2.05) is 60.8 Å². The lowest BCUT2D eigenvalue weighted by Crippen LogP contribution is -2.40. The molecule has 1 atom stereocenters. The number of aryl methyl sites for hydroxylation is 1. The number of hydrogen-bond acceptors (Lipinski definition) is 6. The molecule has 0 fully saturated rings. The van der Waals surface area contributed by atoms with Crippen molar-refractivity contribution in [2.45, 2.75) is 39.8 Å². The van der Waals surface area contributed by atoms with Crippen molar-refractivity contribution in [2.24, 2.45) is 5.92 Å². The first-order valence-corrected chi connectivity index (χ1v) is 10.6. The highest BCUT2D eigenvalue weighted by Gasteiger charge is 2.20. The van der Waals surface area contributed by atoms with Crippen molar-refractivity contribution in [3.63, 3.8) is 0 Å². The van der Waals surface area contributed by atoms with Crippen molar-refractivity contribution in [1.82, 2.24) is 15.3 Å². The number of benzene rings is 1. The fourth-order valence-corrected chi connectivity index (χ4v) is 3.59. The summed E-state index contributed by atoms with van der Waals surface area (Å²) in [5, 5.41) is 11.6. The predicted octanol–water partition coefficient (Wildman–Crippen LogP) is 4.73. The van der Waals surface area contributed by atoms with Gasteiger partial charge in [0, 0.05) is 22.3 Å². The molecular formula is C22H27N5OS. The lowest BCUT2D eigenvalue weighted by atomic mass is 10.0. The molecule has 6 nitrogen and oxygen atoms in total. The predicted molar refractivity (Wildman–Crippen MR) is 120 cm³/mol. The van der Waals surface area contributed by atoms with Crippen molar-refractivity contribution in [3.05, 3.63) is 64.5 Å². The Bertz CT molecular complexity index is 912. The molecule has 1 aromatic carbocycles. The van der Waals surface area contributed by atoms with E-state index in [0.29, 0.717) is 30.6 Å². The standard InChI is InChI=1S/C22H27N5OS/c1-15(2)12-19(21(28)23-14-18-10-7-11-29-18)26-20-13-16(3)24-22(27-20)25-17-8-5-4-6-9-17/h4-11,13,15,19H,12,14H2,1-3H3,(H,23,28)(H2,24,25,26,27)/t19-/m0/s1. The maximum Gasteiger partial charge on any atom is 0.242 e. The molecule has 0 saturated heterocycles. The summed E-state index contributed by atoms with van der Waals surface area (Å²) in [6.07, 6.45) is 0.709. The van der Waals surface area contributed by atoms with Gasteiger partial charge in [-0.05, 0) is 42.8 Å². The monoisotopic (exact) mass is 409 g/mol. The van der Waals surface area contributed by atoms with Crippen LogP contribution >= 0.6 is 11.3 Å². The van der Waals surface area contributed by atoms with Crippen LogP contribution < -0.4 is 16.0 Å². The number of carbonyl (C=O) groups is 1. The zero-order valence-electron chi connectivity index (χ0n) is 17.0. The molecule has 1 amide bonds. The molecular weight excluding hydrogens is 382 g/mol. The summed E-state index contributed by atoms with van der Waals surface area (Å²) in [6.45, 7) is 6.66. The summed E-state index contributed by atoms with van der Waals surface area (Å²) < 4.78 is 0. The first-order valence-electron chi connectivity index (χ1n) is 9.74. The van der Waals surface area contributed by atoms with Gasteiger partial charge < -0.3 is 16.0 Å². The summed E-state index contributed by atoms with van der Waals surface area (Å²) in [6, 6.07) is 15.3. The molecule has 29 heavy (non-hydrogen) atoms. The molecule has 3 rings (SSSR count). The topological polar surface area (TPSA) is 78.9 Å². The van der Waals surface area contributed by atoms with Gasteiger partial charge in [0.1, 0.15) is 11.9 Å². The van der Waals surface area contributed by atoms with E-state index in [1.165, 1.54) is 0 Å². The van der Waals surface area contributed by atoms with Crippen LogP contribution in [-0.4, -0.2) is 21.9 Å². The van der Waals surface area contributed by atoms with Gasteiger partial charge in [-0.2, -0.15) is 4.98 Å². The maximum absolute atomic E-state index is 12.8. The molecule has 0 spiro atoms. The number of hydrogen-bond donors (Lipinski definition) is 3. The highest BCUT2D eigenvalue weighted by Crippen LogP contribution is 2.18. The van der Waals surface area contributed by atoms with Gasteiger partial charge in [0.2, 0.25) is 11.9 Å². The van der Waals surface area contributed by atoms with Crippen LogP contribution in [0.2, 0.25) is 0 Å². The smallest absolute Gasteiger partial charge is 0.242 e. The van der Waals surface area contributed by atoms with Gasteiger partial charge in [0.15, 0.2) is 0 Å². The van der Waals surface area contributed by atoms with Crippen molar-refractivity contribution < 1.29 is 4.79 Å². The quantitative estimate of drug-likeness (QED) is 0.476. The third-order valence-corrected chi connectivity index (χ3v) is 5.12. The summed E-state index contributed by atoms with van der Waals surface area (Å²) in [5.74, 6) is 1.47. The summed E-state index contributed by atoms with van der Waals surface area (Å²) in [7, 11) is 0. The van der Waals surface area contributed by atoms with E-state index in [2.05, 4.69) is 39.8 Å². The summed E-state index contributed by atoms with van der Waals surface area (Å²) in [5.41, 5.74) is 1.74. The highest BCUT2D eigenvalue weighted by molar-refractivity contribution is 7.09. The molecule has 7 heteroatoms. The Hall–Kier alpha value is -2.93. The highest BCUT2D eigenvalue weighted by atomic mass is 32.1. The molecule has 3 aromatic rings. The Morgan fingerprint density at radius 2 is 1.90 bits per heavy atom. The Labute approximate surface area is 175 Å². The third kappa shape index (κ3) is 6.57. The van der Waals surface area contributed by atoms with Crippen LogP contribution in [0, 0.1) is 12.8 Å². The lowest BCUT2D eigenvalue weighted by molar-refractivity contribution is -0.122. The summed E-state index contributed by atoms with van der Waals surface area (Å²) in [4.78, 5) is 23.0. The van der Waals surface area contributed by atoms with E-state index < -0.39 is 0 Å². The lowest BCUT2D eigenvalue weighted by Gasteiger charge is -2.21. The van der Waals surface area contributed by atoms with E-state index in [1.54, 1.807) is 11.3 Å². The zero-order chi connectivity index (χ0) is 20.6. The van der Waals surface area contributed by atoms with Crippen LogP contribution in [0.5, 0.6) is 0 Å². The minimum atomic E-state index is -0.367. The van der Waals surface area contributed by atoms with Crippen molar-refractivity contribution >= 4 is 34.7 Å². The third-order valence-electron chi connectivity index (χ3n) is 4.25. The van der Waals surface area contributed by atoms with Crippen LogP contribution in [0.15, 0.2) is 53.9 Å². The average molecular weight is 410 g/mol. The molecule has 0 saturated carbocycles. The van der Waals surface area contributed by atoms with Crippen LogP contribution in [0.25, 0.3) is 0 Å². The van der Waals surface area contributed by atoms with Gasteiger partial charge in [-0.25, -0.2) is 4.98 Å². The number of aromatic nitrogens is 2. The van der Waals surface area contributed by atoms with Crippen molar-refractivity contribution in [2.75, 3.05) is 10.6 Å². The summed E-state index contributed by atoms with van der Waals surface area (Å²) >= 11 is 1.64. The van der Waals surface area contributed by atoms with Gasteiger partial charge in [-0.1, -0.05) is 38.1 Å². The van der Waals surface area contributed by atoms with Gasteiger partial charge in [-0.3, -0.25) is 4.79 Å². The van der Waals surface area contributed by atoms with E-state index in [0.717, 1.165) is 16.3 Å². The number of thiophene rings is 1. The Morgan fingerprint density at radius 3 is 2.59 bits per heavy atom. The van der Waals surface area contributed by atoms with Crippen molar-refractivity contribution in [3.8, 4) is 0 Å². The second-order valence-corrected chi connectivity index (χ2v) is 8.37. The first kappa shape index (κ1) is 20.8. The maximum atomic E-state index is 12.8. The van der Waals surface area contributed by atoms with E-state index in [9.17, 15) is 4.79 Å². The molecule has 2 aromatic heterocycles. The number of nitrogens with one attached hydrogen (secondary N) is 3. The van der Waals surface area contributed by atoms with Crippen LogP contribution in [-0.2, 0) is 11.3 Å². The number of nitrogens with zero attached hydrogens (tertiary/aromatic N) is 2. The fourth-order valence-electron chi connectivity index (χ4n) is 2.94. The Kier molecular flexibility index (Phi) is 7.19. The molecule has 0 unspecified atom stereocenters. The fraction of sp³-hybridized carbons (Fsp3) is 0.318. The molecule has 0 aliphatic heterocycles. The minimum Gasteiger partial charge on any atom is -0.358 e. The number of anilines is 3. The molecule has 0 aliphatic rings. The van der Waals surface area contributed by atoms with E-state index in [4.69, 9.17) is 0 Å². The second kappa shape index (κ2) is 10.0. The molecule has 0 bridgehead atoms. The number of rotatable bonds is 9. The minimum absolute atomic E-state index is 0.0269. The van der Waals surface area contributed by atoms with Crippen LogP contribution in [0.3, 0.4) is 0 Å². The molecule has 3 N–H and O–H groups in total. The molecule has 0 radical (unpaired) electrons. The van der Waals surface area contributed by atoms with Gasteiger partial charge in [0.05, 0.1) is 6.54 Å². The van der Waals surface area contributed by atoms with Crippen molar-refractivity contribution in [1.29, 1.82) is 0 Å². The number of amides is 1. The molecule has 0 aliphatic carbocycles. The Balaban J connectivity index is 1.71. The average Bonchev–Trinajstić information content (AvgIpc) is 3.19. The van der Waals surface area contributed by atoms with Crippen LogP contribution in [0.1, 0.15) is 30.8 Å². The molecule has 152 valence electrons. The Morgan fingerprint density at radius 1 is 1.10 bits per heavy atom. The number of para-hydroxylation sites is 1. The van der Waals surface area contributed by atoms with Crippen LogP contribution in [0.4, 0.5) is 17.5 Å². The second-order valence-electron chi connectivity index (χ2n) is 7.33. The zero-order valence-corrected chi connectivity index (χ0v) is 17.8. The van der Waals surface area contributed by atoms with Gasteiger partial charge in [0.25, 0.3) is 0 Å². The first-order chi connectivity index (χ1) is 14.0. The largest absolute Gasteiger partial charge is 0.358 e. The van der Waals surface area contributed by atoms with Gasteiger partial charge >= 0.3 is 0 Å². The van der Waals surface area contributed by atoms with E-state index in [-0.39, 0.29) is 11.9 Å².